The van der Waals surface area contributed by atoms with Crippen LogP contribution in [0.25, 0.3) is 0 Å². The minimum Gasteiger partial charge on any atom is -0.336 e. The van der Waals surface area contributed by atoms with E-state index >= 15 is 0 Å². The summed E-state index contributed by atoms with van der Waals surface area (Å²) in [5.74, 6) is -0.0790. The zero-order valence-electron chi connectivity index (χ0n) is 15.1. The average molecular weight is 427 g/mol. The standard InChI is InChI=1S/C19H20Cl2N2O3S/c1-13-3-4-15(11-14(13)2)19(24)22-7-9-23(10-8-22)27(25,26)16-5-6-17(20)18(21)12-16/h3-6,11-12H,7-10H2,1-2H3. The summed E-state index contributed by atoms with van der Waals surface area (Å²) >= 11 is 11.8. The zero-order valence-corrected chi connectivity index (χ0v) is 17.4. The number of amides is 1. The normalized spacial score (nSPS) is 15.8. The second-order valence-electron chi connectivity index (χ2n) is 6.57. The van der Waals surface area contributed by atoms with Gasteiger partial charge in [0.2, 0.25) is 10.0 Å². The van der Waals surface area contributed by atoms with Crippen molar-refractivity contribution in [3.05, 3.63) is 63.1 Å². The maximum atomic E-state index is 12.8. The third-order valence-electron chi connectivity index (χ3n) is 4.81. The smallest absolute Gasteiger partial charge is 0.253 e. The van der Waals surface area contributed by atoms with Crippen LogP contribution in [0.15, 0.2) is 41.3 Å². The molecule has 1 amide bonds. The number of halogens is 2. The molecule has 0 N–H and O–H groups in total. The van der Waals surface area contributed by atoms with E-state index in [0.717, 1.165) is 11.1 Å². The number of carbonyl (C=O) groups is 1. The maximum Gasteiger partial charge on any atom is 0.253 e. The topological polar surface area (TPSA) is 57.7 Å². The van der Waals surface area contributed by atoms with Gasteiger partial charge in [0, 0.05) is 31.7 Å². The molecule has 0 unspecified atom stereocenters. The van der Waals surface area contributed by atoms with Crippen LogP contribution in [0.3, 0.4) is 0 Å². The van der Waals surface area contributed by atoms with Gasteiger partial charge in [0.25, 0.3) is 5.91 Å². The Hall–Kier alpha value is -1.60. The highest BCUT2D eigenvalue weighted by molar-refractivity contribution is 7.89. The lowest BCUT2D eigenvalue weighted by Gasteiger charge is -2.34. The summed E-state index contributed by atoms with van der Waals surface area (Å²) in [6.45, 7) is 5.11. The van der Waals surface area contributed by atoms with Gasteiger partial charge in [-0.2, -0.15) is 4.31 Å². The first-order chi connectivity index (χ1) is 12.7. The van der Waals surface area contributed by atoms with Crippen LogP contribution in [0.1, 0.15) is 21.5 Å². The SMILES string of the molecule is Cc1ccc(C(=O)N2CCN(S(=O)(=O)c3ccc(Cl)c(Cl)c3)CC2)cc1C. The summed E-state index contributed by atoms with van der Waals surface area (Å²) in [5, 5.41) is 0.501. The summed E-state index contributed by atoms with van der Waals surface area (Å²) in [6, 6.07) is 9.87. The van der Waals surface area contributed by atoms with Crippen molar-refractivity contribution in [2.75, 3.05) is 26.2 Å². The third kappa shape index (κ3) is 4.14. The lowest BCUT2D eigenvalue weighted by Crippen LogP contribution is -2.50. The molecule has 0 spiro atoms. The van der Waals surface area contributed by atoms with Crippen molar-refractivity contribution in [2.45, 2.75) is 18.7 Å². The van der Waals surface area contributed by atoms with E-state index in [-0.39, 0.29) is 28.9 Å². The van der Waals surface area contributed by atoms with E-state index in [2.05, 4.69) is 0 Å². The summed E-state index contributed by atoms with van der Waals surface area (Å²) in [7, 11) is -3.68. The van der Waals surface area contributed by atoms with Gasteiger partial charge >= 0.3 is 0 Å². The zero-order chi connectivity index (χ0) is 19.8. The highest BCUT2D eigenvalue weighted by atomic mass is 35.5. The van der Waals surface area contributed by atoms with E-state index in [0.29, 0.717) is 23.7 Å². The van der Waals surface area contributed by atoms with Crippen LogP contribution in [-0.2, 0) is 10.0 Å². The van der Waals surface area contributed by atoms with E-state index in [1.54, 1.807) is 4.90 Å². The highest BCUT2D eigenvalue weighted by Gasteiger charge is 2.30. The molecule has 0 bridgehead atoms. The van der Waals surface area contributed by atoms with E-state index in [9.17, 15) is 13.2 Å². The molecule has 0 aromatic heterocycles. The Kier molecular flexibility index (Phi) is 5.82. The van der Waals surface area contributed by atoms with Gasteiger partial charge in [-0.15, -0.1) is 0 Å². The highest BCUT2D eigenvalue weighted by Crippen LogP contribution is 2.27. The number of nitrogens with zero attached hydrogens (tertiary/aromatic N) is 2. The fourth-order valence-corrected chi connectivity index (χ4v) is 4.79. The van der Waals surface area contributed by atoms with Gasteiger partial charge < -0.3 is 4.90 Å². The van der Waals surface area contributed by atoms with E-state index in [1.807, 2.05) is 32.0 Å². The predicted molar refractivity (Wildman–Crippen MR) is 107 cm³/mol. The van der Waals surface area contributed by atoms with Gasteiger partial charge in [0.15, 0.2) is 0 Å². The molecule has 144 valence electrons. The molecule has 0 atom stereocenters. The van der Waals surface area contributed by atoms with Crippen molar-refractivity contribution in [3.63, 3.8) is 0 Å². The lowest BCUT2D eigenvalue weighted by molar-refractivity contribution is 0.0698. The van der Waals surface area contributed by atoms with Crippen LogP contribution in [0.2, 0.25) is 10.0 Å². The second kappa shape index (κ2) is 7.80. The molecule has 0 saturated carbocycles. The van der Waals surface area contributed by atoms with Gasteiger partial charge in [-0.25, -0.2) is 8.42 Å². The number of sulfonamides is 1. The van der Waals surface area contributed by atoms with Crippen molar-refractivity contribution in [1.82, 2.24) is 9.21 Å². The number of hydrogen-bond donors (Lipinski definition) is 0. The van der Waals surface area contributed by atoms with E-state index in [4.69, 9.17) is 23.2 Å². The Morgan fingerprint density at radius 2 is 1.56 bits per heavy atom. The van der Waals surface area contributed by atoms with Crippen molar-refractivity contribution < 1.29 is 13.2 Å². The number of hydrogen-bond acceptors (Lipinski definition) is 3. The van der Waals surface area contributed by atoms with Gasteiger partial charge in [0.05, 0.1) is 14.9 Å². The van der Waals surface area contributed by atoms with Gasteiger partial charge in [-0.1, -0.05) is 29.3 Å². The van der Waals surface area contributed by atoms with Gasteiger partial charge in [0.1, 0.15) is 0 Å². The van der Waals surface area contributed by atoms with Crippen molar-refractivity contribution in [2.24, 2.45) is 0 Å². The van der Waals surface area contributed by atoms with E-state index in [1.165, 1.54) is 22.5 Å². The Labute approximate surface area is 169 Å². The van der Waals surface area contributed by atoms with Gasteiger partial charge in [-0.3, -0.25) is 4.79 Å². The average Bonchev–Trinajstić information content (AvgIpc) is 2.65. The summed E-state index contributed by atoms with van der Waals surface area (Å²) in [4.78, 5) is 14.5. The van der Waals surface area contributed by atoms with Crippen LogP contribution >= 0.6 is 23.2 Å². The molecule has 8 heteroatoms. The molecule has 5 nitrogen and oxygen atoms in total. The quantitative estimate of drug-likeness (QED) is 0.750. The van der Waals surface area contributed by atoms with E-state index < -0.39 is 10.0 Å². The van der Waals surface area contributed by atoms with Crippen molar-refractivity contribution in [3.8, 4) is 0 Å². The molecule has 3 rings (SSSR count). The fraction of sp³-hybridized carbons (Fsp3) is 0.316. The second-order valence-corrected chi connectivity index (χ2v) is 9.32. The first-order valence-corrected chi connectivity index (χ1v) is 10.7. The molecule has 1 aliphatic rings. The number of carbonyl (C=O) groups excluding carboxylic acids is 1. The Balaban J connectivity index is 1.71. The number of piperazine rings is 1. The summed E-state index contributed by atoms with van der Waals surface area (Å²) in [5.41, 5.74) is 2.81. The van der Waals surface area contributed by atoms with Gasteiger partial charge in [-0.05, 0) is 55.3 Å². The Morgan fingerprint density at radius 1 is 0.889 bits per heavy atom. The Bertz CT molecular complexity index is 984. The summed E-state index contributed by atoms with van der Waals surface area (Å²) in [6.07, 6.45) is 0. The fourth-order valence-electron chi connectivity index (χ4n) is 2.97. The minimum atomic E-state index is -3.68. The molecule has 2 aromatic rings. The lowest BCUT2D eigenvalue weighted by atomic mass is 10.1. The van der Waals surface area contributed by atoms with Crippen LogP contribution in [0.4, 0.5) is 0 Å². The molecule has 1 saturated heterocycles. The van der Waals surface area contributed by atoms with Crippen molar-refractivity contribution >= 4 is 39.1 Å². The minimum absolute atomic E-state index is 0.0790. The van der Waals surface area contributed by atoms with Crippen LogP contribution in [0.5, 0.6) is 0 Å². The number of aryl methyl sites for hydroxylation is 2. The first-order valence-electron chi connectivity index (χ1n) is 8.52. The molecule has 0 radical (unpaired) electrons. The molecular weight excluding hydrogens is 407 g/mol. The molecule has 1 heterocycles. The largest absolute Gasteiger partial charge is 0.336 e. The van der Waals surface area contributed by atoms with Crippen LogP contribution < -0.4 is 0 Å². The molecule has 2 aromatic carbocycles. The molecule has 1 aliphatic heterocycles. The first kappa shape index (κ1) is 20.1. The third-order valence-corrected chi connectivity index (χ3v) is 7.44. The summed E-state index contributed by atoms with van der Waals surface area (Å²) < 4.78 is 27.0. The molecule has 0 aliphatic carbocycles. The van der Waals surface area contributed by atoms with Crippen LogP contribution in [-0.4, -0.2) is 49.7 Å². The molecular formula is C19H20Cl2N2O3S. The number of rotatable bonds is 3. The molecule has 1 fully saturated rings. The monoisotopic (exact) mass is 426 g/mol. The number of benzene rings is 2. The predicted octanol–water partition coefficient (Wildman–Crippen LogP) is 3.76. The van der Waals surface area contributed by atoms with Crippen LogP contribution in [0, 0.1) is 13.8 Å². The molecule has 27 heavy (non-hydrogen) atoms. The maximum absolute atomic E-state index is 12.8. The Morgan fingerprint density at radius 3 is 2.15 bits per heavy atom. The van der Waals surface area contributed by atoms with Crippen molar-refractivity contribution in [1.29, 1.82) is 0 Å².